The smallest absolute Gasteiger partial charge is 0.384 e. The van der Waals surface area contributed by atoms with Crippen LogP contribution in [-0.2, 0) is 10.9 Å². The van der Waals surface area contributed by atoms with Crippen molar-refractivity contribution >= 4 is 11.9 Å². The molecule has 1 aliphatic heterocycles. The molecule has 2 N–H and O–H groups in total. The van der Waals surface area contributed by atoms with Crippen LogP contribution in [-0.4, -0.2) is 63.2 Å². The van der Waals surface area contributed by atoms with Crippen molar-refractivity contribution in [2.45, 2.75) is 19.5 Å². The van der Waals surface area contributed by atoms with Gasteiger partial charge in [-0.15, -0.1) is 0 Å². The molecule has 9 heteroatoms. The summed E-state index contributed by atoms with van der Waals surface area (Å²) in [6, 6.07) is 4.15. The number of rotatable bonds is 7. The van der Waals surface area contributed by atoms with Crippen molar-refractivity contribution in [3.8, 4) is 0 Å². The first-order valence-corrected chi connectivity index (χ1v) is 9.32. The Kier molecular flexibility index (Phi) is 8.10. The topological polar surface area (TPSA) is 66.0 Å². The van der Waals surface area contributed by atoms with Crippen LogP contribution in [0.15, 0.2) is 29.3 Å². The number of benzene rings is 1. The Bertz CT molecular complexity index is 662. The SMILES string of the molecule is CCNC(=NCCNC(=O)c1ccc(C(F)(F)F)cc1)N1CCC(COC)C1. The standard InChI is InChI=1S/C19H27F3N4O2/c1-3-23-18(26-11-8-14(12-26)13-28-2)25-10-9-24-17(27)15-4-6-16(7-5-15)19(20,21)22/h4-7,14H,3,8-13H2,1-2H3,(H,23,25)(H,24,27). The highest BCUT2D eigenvalue weighted by atomic mass is 19.4. The predicted molar refractivity (Wildman–Crippen MR) is 101 cm³/mol. The van der Waals surface area contributed by atoms with Gasteiger partial charge in [0.25, 0.3) is 5.91 Å². The van der Waals surface area contributed by atoms with Crippen LogP contribution < -0.4 is 10.6 Å². The van der Waals surface area contributed by atoms with E-state index in [9.17, 15) is 18.0 Å². The fraction of sp³-hybridized carbons (Fsp3) is 0.579. The van der Waals surface area contributed by atoms with Crippen molar-refractivity contribution in [2.75, 3.05) is 46.4 Å². The normalized spacial score (nSPS) is 17.7. The number of aliphatic imine (C=N–C) groups is 1. The number of carbonyl (C=O) groups excluding carboxylic acids is 1. The van der Waals surface area contributed by atoms with Gasteiger partial charge in [-0.3, -0.25) is 9.79 Å². The van der Waals surface area contributed by atoms with Gasteiger partial charge >= 0.3 is 6.18 Å². The minimum absolute atomic E-state index is 0.186. The number of alkyl halides is 3. The highest BCUT2D eigenvalue weighted by Crippen LogP contribution is 2.29. The van der Waals surface area contributed by atoms with E-state index in [1.54, 1.807) is 7.11 Å². The number of guanidine groups is 1. The number of hydrogen-bond donors (Lipinski definition) is 2. The van der Waals surface area contributed by atoms with Gasteiger partial charge in [0, 0.05) is 44.8 Å². The summed E-state index contributed by atoms with van der Waals surface area (Å²) in [5.41, 5.74) is -0.591. The molecule has 1 atom stereocenters. The van der Waals surface area contributed by atoms with Gasteiger partial charge in [-0.2, -0.15) is 13.2 Å². The number of nitrogens with zero attached hydrogens (tertiary/aromatic N) is 2. The summed E-state index contributed by atoms with van der Waals surface area (Å²) in [4.78, 5) is 18.8. The Labute approximate surface area is 163 Å². The molecule has 0 aromatic heterocycles. The van der Waals surface area contributed by atoms with Gasteiger partial charge in [0.1, 0.15) is 0 Å². The van der Waals surface area contributed by atoms with E-state index >= 15 is 0 Å². The summed E-state index contributed by atoms with van der Waals surface area (Å²) in [6.45, 7) is 5.89. The zero-order valence-corrected chi connectivity index (χ0v) is 16.2. The van der Waals surface area contributed by atoms with Crippen molar-refractivity contribution < 1.29 is 22.7 Å². The molecule has 1 heterocycles. The Hall–Kier alpha value is -2.29. The number of nitrogens with one attached hydrogen (secondary N) is 2. The Morgan fingerprint density at radius 3 is 2.61 bits per heavy atom. The van der Waals surface area contributed by atoms with E-state index in [-0.39, 0.29) is 5.56 Å². The van der Waals surface area contributed by atoms with E-state index in [1.807, 2.05) is 6.92 Å². The molecule has 1 amide bonds. The third kappa shape index (κ3) is 6.40. The molecule has 1 aromatic carbocycles. The maximum atomic E-state index is 12.6. The molecule has 2 rings (SSSR count). The van der Waals surface area contributed by atoms with Crippen molar-refractivity contribution in [3.05, 3.63) is 35.4 Å². The van der Waals surface area contributed by atoms with Gasteiger partial charge in [0.05, 0.1) is 18.7 Å². The van der Waals surface area contributed by atoms with Crippen LogP contribution in [0.2, 0.25) is 0 Å². The Morgan fingerprint density at radius 1 is 1.29 bits per heavy atom. The van der Waals surface area contributed by atoms with Gasteiger partial charge in [0.2, 0.25) is 0 Å². The van der Waals surface area contributed by atoms with Crippen molar-refractivity contribution in [1.29, 1.82) is 0 Å². The van der Waals surface area contributed by atoms with Crippen molar-refractivity contribution in [2.24, 2.45) is 10.9 Å². The molecule has 0 radical (unpaired) electrons. The average Bonchev–Trinajstić information content (AvgIpc) is 3.12. The molecule has 1 saturated heterocycles. The minimum Gasteiger partial charge on any atom is -0.384 e. The van der Waals surface area contributed by atoms with Gasteiger partial charge in [-0.25, -0.2) is 0 Å². The molecule has 156 valence electrons. The molecule has 0 saturated carbocycles. The summed E-state index contributed by atoms with van der Waals surface area (Å²) < 4.78 is 42.9. The minimum atomic E-state index is -4.41. The number of likely N-dealkylation sites (tertiary alicyclic amines) is 1. The summed E-state index contributed by atoms with van der Waals surface area (Å²) >= 11 is 0. The molecule has 0 aliphatic carbocycles. The summed E-state index contributed by atoms with van der Waals surface area (Å²) in [6.07, 6.45) is -3.37. The van der Waals surface area contributed by atoms with Crippen LogP contribution in [0.3, 0.4) is 0 Å². The third-order valence-electron chi connectivity index (χ3n) is 4.46. The lowest BCUT2D eigenvalue weighted by Crippen LogP contribution is -2.40. The zero-order chi connectivity index (χ0) is 20.6. The van der Waals surface area contributed by atoms with Crippen LogP contribution in [0.1, 0.15) is 29.3 Å². The maximum Gasteiger partial charge on any atom is 0.416 e. The Balaban J connectivity index is 1.84. The maximum absolute atomic E-state index is 12.6. The first kappa shape index (κ1) is 22.0. The second-order valence-corrected chi connectivity index (χ2v) is 6.62. The lowest BCUT2D eigenvalue weighted by atomic mass is 10.1. The molecule has 1 aromatic rings. The number of amides is 1. The van der Waals surface area contributed by atoms with E-state index in [4.69, 9.17) is 4.74 Å². The fourth-order valence-corrected chi connectivity index (χ4v) is 3.07. The first-order valence-electron chi connectivity index (χ1n) is 9.32. The summed E-state index contributed by atoms with van der Waals surface area (Å²) in [5.74, 6) is 0.855. The lowest BCUT2D eigenvalue weighted by molar-refractivity contribution is -0.137. The molecule has 6 nitrogen and oxygen atoms in total. The Morgan fingerprint density at radius 2 is 2.00 bits per heavy atom. The van der Waals surface area contributed by atoms with Crippen molar-refractivity contribution in [3.63, 3.8) is 0 Å². The molecule has 0 spiro atoms. The molecule has 1 aliphatic rings. The van der Waals surface area contributed by atoms with Gasteiger partial charge in [-0.1, -0.05) is 0 Å². The predicted octanol–water partition coefficient (Wildman–Crippen LogP) is 2.37. The zero-order valence-electron chi connectivity index (χ0n) is 16.2. The summed E-state index contributed by atoms with van der Waals surface area (Å²) in [7, 11) is 1.70. The van der Waals surface area contributed by atoms with Crippen LogP contribution in [0.5, 0.6) is 0 Å². The van der Waals surface area contributed by atoms with E-state index in [0.717, 1.165) is 50.8 Å². The van der Waals surface area contributed by atoms with Crippen LogP contribution >= 0.6 is 0 Å². The lowest BCUT2D eigenvalue weighted by Gasteiger charge is -2.21. The fourth-order valence-electron chi connectivity index (χ4n) is 3.07. The molecule has 1 unspecified atom stereocenters. The van der Waals surface area contributed by atoms with Crippen LogP contribution in [0, 0.1) is 5.92 Å². The second kappa shape index (κ2) is 10.3. The van der Waals surface area contributed by atoms with Gasteiger partial charge < -0.3 is 20.3 Å². The number of halogens is 3. The molecular weight excluding hydrogens is 373 g/mol. The van der Waals surface area contributed by atoms with Crippen molar-refractivity contribution in [1.82, 2.24) is 15.5 Å². The highest BCUT2D eigenvalue weighted by Gasteiger charge is 2.30. The van der Waals surface area contributed by atoms with E-state index in [2.05, 4.69) is 20.5 Å². The van der Waals surface area contributed by atoms with E-state index < -0.39 is 17.6 Å². The molecular formula is C19H27F3N4O2. The van der Waals surface area contributed by atoms with Crippen LogP contribution in [0.25, 0.3) is 0 Å². The monoisotopic (exact) mass is 400 g/mol. The number of methoxy groups -OCH3 is 1. The van der Waals surface area contributed by atoms with Gasteiger partial charge in [-0.05, 0) is 37.6 Å². The summed E-state index contributed by atoms with van der Waals surface area (Å²) in [5, 5.41) is 5.92. The molecule has 1 fully saturated rings. The van der Waals surface area contributed by atoms with Gasteiger partial charge in [0.15, 0.2) is 5.96 Å². The quantitative estimate of drug-likeness (QED) is 0.419. The van der Waals surface area contributed by atoms with E-state index in [1.165, 1.54) is 12.1 Å². The average molecular weight is 400 g/mol. The molecule has 0 bridgehead atoms. The first-order chi connectivity index (χ1) is 13.3. The number of hydrogen-bond acceptors (Lipinski definition) is 3. The van der Waals surface area contributed by atoms with Crippen LogP contribution in [0.4, 0.5) is 13.2 Å². The molecule has 28 heavy (non-hydrogen) atoms. The largest absolute Gasteiger partial charge is 0.416 e. The van der Waals surface area contributed by atoms with E-state index in [0.29, 0.717) is 19.0 Å². The second-order valence-electron chi connectivity index (χ2n) is 6.62. The number of ether oxygens (including phenoxy) is 1. The highest BCUT2D eigenvalue weighted by molar-refractivity contribution is 5.94. The number of carbonyl (C=O) groups is 1. The third-order valence-corrected chi connectivity index (χ3v) is 4.46.